The van der Waals surface area contributed by atoms with E-state index >= 15 is 0 Å². The number of amides is 1. The molecule has 2 aromatic heterocycles. The van der Waals surface area contributed by atoms with Crippen LogP contribution in [-0.2, 0) is 6.42 Å². The zero-order valence-electron chi connectivity index (χ0n) is 15.9. The Morgan fingerprint density at radius 3 is 2.56 bits per heavy atom. The third-order valence-corrected chi connectivity index (χ3v) is 4.18. The zero-order chi connectivity index (χ0) is 19.4. The maximum Gasteiger partial charge on any atom is 0.274 e. The molecule has 0 bridgehead atoms. The van der Waals surface area contributed by atoms with E-state index in [4.69, 9.17) is 14.2 Å². The number of rotatable bonds is 7. The first kappa shape index (κ1) is 18.6. The number of aryl methyl sites for hydroxylation is 1. The number of imidazole rings is 1. The molecule has 7 nitrogen and oxygen atoms in total. The second-order valence-corrected chi connectivity index (χ2v) is 5.78. The van der Waals surface area contributed by atoms with Crippen LogP contribution in [-0.4, -0.2) is 36.1 Å². The van der Waals surface area contributed by atoms with Crippen LogP contribution in [0.4, 0.5) is 5.69 Å². The van der Waals surface area contributed by atoms with Gasteiger partial charge in [-0.15, -0.1) is 0 Å². The molecular weight excluding hydrogens is 346 g/mol. The topological polar surface area (TPSA) is 74.1 Å². The first-order chi connectivity index (χ1) is 13.1. The van der Waals surface area contributed by atoms with E-state index in [0.29, 0.717) is 53.0 Å². The van der Waals surface area contributed by atoms with Crippen LogP contribution in [0.5, 0.6) is 17.2 Å². The van der Waals surface area contributed by atoms with Crippen molar-refractivity contribution in [3.63, 3.8) is 0 Å². The lowest BCUT2D eigenvalue weighted by Crippen LogP contribution is -2.16. The summed E-state index contributed by atoms with van der Waals surface area (Å²) in [6, 6.07) is 8.92. The number of fused-ring (bicyclic) bond motifs is 1. The smallest absolute Gasteiger partial charge is 0.274 e. The summed E-state index contributed by atoms with van der Waals surface area (Å²) in [5.41, 5.74) is 2.44. The van der Waals surface area contributed by atoms with Crippen LogP contribution in [0.25, 0.3) is 5.65 Å². The summed E-state index contributed by atoms with van der Waals surface area (Å²) < 4.78 is 17.9. The number of anilines is 1. The predicted octanol–water partition coefficient (Wildman–Crippen LogP) is 3.56. The van der Waals surface area contributed by atoms with Crippen molar-refractivity contribution in [2.24, 2.45) is 0 Å². The summed E-state index contributed by atoms with van der Waals surface area (Å²) in [7, 11) is 3.12. The highest BCUT2D eigenvalue weighted by atomic mass is 16.5. The number of carbonyl (C=O) groups excluding carboxylic acids is 1. The molecule has 0 radical (unpaired) electrons. The SMILES string of the molecule is CCOc1cccn2c(C(=O)Nc3ccc(OC)c(OC)c3)c(CC)nc12. The highest BCUT2D eigenvalue weighted by molar-refractivity contribution is 6.04. The van der Waals surface area contributed by atoms with Crippen LogP contribution in [0.3, 0.4) is 0 Å². The van der Waals surface area contributed by atoms with E-state index < -0.39 is 0 Å². The van der Waals surface area contributed by atoms with E-state index in [0.717, 1.165) is 0 Å². The Hall–Kier alpha value is -3.22. The third-order valence-electron chi connectivity index (χ3n) is 4.18. The van der Waals surface area contributed by atoms with Gasteiger partial charge < -0.3 is 19.5 Å². The van der Waals surface area contributed by atoms with Gasteiger partial charge in [0.2, 0.25) is 0 Å². The quantitative estimate of drug-likeness (QED) is 0.689. The molecule has 27 heavy (non-hydrogen) atoms. The molecule has 3 rings (SSSR count). The lowest BCUT2D eigenvalue weighted by molar-refractivity contribution is 0.102. The number of hydrogen-bond donors (Lipinski definition) is 1. The number of aromatic nitrogens is 2. The molecule has 1 N–H and O–H groups in total. The summed E-state index contributed by atoms with van der Waals surface area (Å²) in [4.78, 5) is 17.6. The van der Waals surface area contributed by atoms with Crippen LogP contribution >= 0.6 is 0 Å². The second-order valence-electron chi connectivity index (χ2n) is 5.78. The van der Waals surface area contributed by atoms with Gasteiger partial charge in [-0.05, 0) is 37.6 Å². The van der Waals surface area contributed by atoms with E-state index in [1.165, 1.54) is 0 Å². The van der Waals surface area contributed by atoms with Crippen LogP contribution in [0.1, 0.15) is 30.0 Å². The molecular formula is C20H23N3O4. The van der Waals surface area contributed by atoms with Crippen molar-refractivity contribution in [3.8, 4) is 17.2 Å². The summed E-state index contributed by atoms with van der Waals surface area (Å²) in [6.07, 6.45) is 2.44. The van der Waals surface area contributed by atoms with E-state index in [1.54, 1.807) is 36.8 Å². The van der Waals surface area contributed by atoms with Gasteiger partial charge in [-0.2, -0.15) is 0 Å². The molecule has 0 spiro atoms. The average Bonchev–Trinajstić information content (AvgIpc) is 3.08. The van der Waals surface area contributed by atoms with Crippen LogP contribution in [0.2, 0.25) is 0 Å². The van der Waals surface area contributed by atoms with Crippen molar-refractivity contribution in [2.45, 2.75) is 20.3 Å². The lowest BCUT2D eigenvalue weighted by Gasteiger charge is -2.11. The van der Waals surface area contributed by atoms with Gasteiger partial charge in [0.05, 0.1) is 26.5 Å². The van der Waals surface area contributed by atoms with Crippen LogP contribution < -0.4 is 19.5 Å². The van der Waals surface area contributed by atoms with Crippen LogP contribution in [0, 0.1) is 0 Å². The second kappa shape index (κ2) is 7.99. The Bertz CT molecular complexity index is 965. The molecule has 0 saturated carbocycles. The zero-order valence-corrected chi connectivity index (χ0v) is 15.9. The van der Waals surface area contributed by atoms with Gasteiger partial charge >= 0.3 is 0 Å². The molecule has 1 aromatic carbocycles. The number of carbonyl (C=O) groups is 1. The number of methoxy groups -OCH3 is 2. The van der Waals surface area contributed by atoms with Crippen molar-refractivity contribution in [2.75, 3.05) is 26.1 Å². The fraction of sp³-hybridized carbons (Fsp3) is 0.300. The molecule has 2 heterocycles. The Morgan fingerprint density at radius 1 is 1.11 bits per heavy atom. The van der Waals surface area contributed by atoms with Crippen molar-refractivity contribution < 1.29 is 19.0 Å². The van der Waals surface area contributed by atoms with Gasteiger partial charge in [-0.25, -0.2) is 4.98 Å². The molecule has 0 unspecified atom stereocenters. The minimum Gasteiger partial charge on any atom is -0.493 e. The van der Waals surface area contributed by atoms with Gasteiger partial charge in [0, 0.05) is 18.0 Å². The minimum absolute atomic E-state index is 0.250. The monoisotopic (exact) mass is 369 g/mol. The Morgan fingerprint density at radius 2 is 1.89 bits per heavy atom. The van der Waals surface area contributed by atoms with Gasteiger partial charge in [-0.3, -0.25) is 9.20 Å². The number of hydrogen-bond acceptors (Lipinski definition) is 5. The normalized spacial score (nSPS) is 10.7. The van der Waals surface area contributed by atoms with E-state index in [9.17, 15) is 4.79 Å². The standard InChI is InChI=1S/C20H23N3O4/c1-5-14-18(23-11-7-8-16(27-6-2)19(23)22-14)20(24)21-13-9-10-15(25-3)17(12-13)26-4/h7-12H,5-6H2,1-4H3,(H,21,24). The molecule has 0 aliphatic carbocycles. The molecule has 0 atom stereocenters. The average molecular weight is 369 g/mol. The molecule has 0 saturated heterocycles. The van der Waals surface area contributed by atoms with E-state index in [1.807, 2.05) is 32.2 Å². The van der Waals surface area contributed by atoms with Gasteiger partial charge in [0.1, 0.15) is 5.69 Å². The Balaban J connectivity index is 1.99. The molecule has 0 fully saturated rings. The van der Waals surface area contributed by atoms with Crippen molar-refractivity contribution >= 4 is 17.2 Å². The molecule has 7 heteroatoms. The van der Waals surface area contributed by atoms with Gasteiger partial charge in [0.15, 0.2) is 22.9 Å². The first-order valence-corrected chi connectivity index (χ1v) is 8.79. The Kier molecular flexibility index (Phi) is 5.49. The van der Waals surface area contributed by atoms with E-state index in [2.05, 4.69) is 10.3 Å². The van der Waals surface area contributed by atoms with Gasteiger partial charge in [0.25, 0.3) is 5.91 Å². The van der Waals surface area contributed by atoms with Gasteiger partial charge in [-0.1, -0.05) is 6.92 Å². The molecule has 0 aliphatic heterocycles. The number of pyridine rings is 1. The molecule has 0 aliphatic rings. The summed E-state index contributed by atoms with van der Waals surface area (Å²) in [6.45, 7) is 4.41. The van der Waals surface area contributed by atoms with Crippen molar-refractivity contribution in [3.05, 3.63) is 47.9 Å². The number of nitrogens with zero attached hydrogens (tertiary/aromatic N) is 2. The molecule has 1 amide bonds. The first-order valence-electron chi connectivity index (χ1n) is 8.79. The lowest BCUT2D eigenvalue weighted by atomic mass is 10.2. The highest BCUT2D eigenvalue weighted by Crippen LogP contribution is 2.30. The summed E-state index contributed by atoms with van der Waals surface area (Å²) in [5.74, 6) is 1.55. The van der Waals surface area contributed by atoms with Crippen molar-refractivity contribution in [1.29, 1.82) is 0 Å². The maximum atomic E-state index is 13.0. The number of nitrogens with one attached hydrogen (secondary N) is 1. The fourth-order valence-electron chi connectivity index (χ4n) is 2.95. The van der Waals surface area contributed by atoms with Crippen molar-refractivity contribution in [1.82, 2.24) is 9.38 Å². The largest absolute Gasteiger partial charge is 0.493 e. The predicted molar refractivity (Wildman–Crippen MR) is 103 cm³/mol. The van der Waals surface area contributed by atoms with Crippen LogP contribution in [0.15, 0.2) is 36.5 Å². The highest BCUT2D eigenvalue weighted by Gasteiger charge is 2.20. The number of benzene rings is 1. The minimum atomic E-state index is -0.250. The summed E-state index contributed by atoms with van der Waals surface area (Å²) in [5, 5.41) is 2.91. The molecule has 142 valence electrons. The number of ether oxygens (including phenoxy) is 3. The maximum absolute atomic E-state index is 13.0. The fourth-order valence-corrected chi connectivity index (χ4v) is 2.95. The Labute approximate surface area is 157 Å². The van der Waals surface area contributed by atoms with E-state index in [-0.39, 0.29) is 5.91 Å². The molecule has 3 aromatic rings. The summed E-state index contributed by atoms with van der Waals surface area (Å²) >= 11 is 0. The third kappa shape index (κ3) is 3.53.